The van der Waals surface area contributed by atoms with E-state index in [1.165, 1.54) is 0 Å². The Morgan fingerprint density at radius 3 is 2.30 bits per heavy atom. The SMILES string of the molecule is Cc1ccccc1C(O)COc1c(Br)cc(Br)cc1Br. The van der Waals surface area contributed by atoms with E-state index in [9.17, 15) is 5.11 Å². The van der Waals surface area contributed by atoms with Gasteiger partial charge in [-0.2, -0.15) is 0 Å². The molecule has 0 aliphatic rings. The van der Waals surface area contributed by atoms with Crippen LogP contribution < -0.4 is 4.74 Å². The van der Waals surface area contributed by atoms with E-state index in [4.69, 9.17) is 4.74 Å². The number of ether oxygens (including phenoxy) is 1. The van der Waals surface area contributed by atoms with Crippen LogP contribution in [0.4, 0.5) is 0 Å². The molecule has 0 aliphatic heterocycles. The fraction of sp³-hybridized carbons (Fsp3) is 0.200. The third kappa shape index (κ3) is 3.85. The van der Waals surface area contributed by atoms with E-state index >= 15 is 0 Å². The van der Waals surface area contributed by atoms with Crippen molar-refractivity contribution in [3.05, 3.63) is 60.9 Å². The van der Waals surface area contributed by atoms with Gasteiger partial charge in [0.1, 0.15) is 18.5 Å². The molecule has 106 valence electrons. The zero-order chi connectivity index (χ0) is 14.7. The molecule has 1 N–H and O–H groups in total. The van der Waals surface area contributed by atoms with Gasteiger partial charge in [-0.05, 0) is 62.0 Å². The highest BCUT2D eigenvalue weighted by Crippen LogP contribution is 2.37. The van der Waals surface area contributed by atoms with E-state index < -0.39 is 6.10 Å². The van der Waals surface area contributed by atoms with Gasteiger partial charge in [-0.15, -0.1) is 0 Å². The average Bonchev–Trinajstić information content (AvgIpc) is 2.37. The van der Waals surface area contributed by atoms with Crippen molar-refractivity contribution in [3.8, 4) is 5.75 Å². The highest BCUT2D eigenvalue weighted by molar-refractivity contribution is 9.11. The van der Waals surface area contributed by atoms with Crippen LogP contribution in [0.2, 0.25) is 0 Å². The molecule has 2 aromatic carbocycles. The Morgan fingerprint density at radius 2 is 1.70 bits per heavy atom. The Labute approximate surface area is 143 Å². The summed E-state index contributed by atoms with van der Waals surface area (Å²) in [7, 11) is 0. The van der Waals surface area contributed by atoms with Gasteiger partial charge in [0.15, 0.2) is 0 Å². The molecule has 0 spiro atoms. The largest absolute Gasteiger partial charge is 0.488 e. The molecule has 20 heavy (non-hydrogen) atoms. The Morgan fingerprint density at radius 1 is 1.10 bits per heavy atom. The molecule has 0 amide bonds. The first-order valence-electron chi connectivity index (χ1n) is 6.00. The van der Waals surface area contributed by atoms with Crippen LogP contribution in [0, 0.1) is 6.92 Å². The highest BCUT2D eigenvalue weighted by atomic mass is 79.9. The van der Waals surface area contributed by atoms with Crippen molar-refractivity contribution < 1.29 is 9.84 Å². The molecule has 0 saturated carbocycles. The summed E-state index contributed by atoms with van der Waals surface area (Å²) in [6.07, 6.45) is -0.654. The molecule has 0 bridgehead atoms. The lowest BCUT2D eigenvalue weighted by atomic mass is 10.0. The molecule has 2 nitrogen and oxygen atoms in total. The number of hydrogen-bond acceptors (Lipinski definition) is 2. The second-order valence-corrected chi connectivity index (χ2v) is 7.01. The van der Waals surface area contributed by atoms with Crippen LogP contribution in [0.1, 0.15) is 17.2 Å². The summed E-state index contributed by atoms with van der Waals surface area (Å²) in [4.78, 5) is 0. The number of halogens is 3. The lowest BCUT2D eigenvalue weighted by Gasteiger charge is -2.16. The fourth-order valence-electron chi connectivity index (χ4n) is 1.88. The summed E-state index contributed by atoms with van der Waals surface area (Å²) in [6.45, 7) is 2.17. The minimum absolute atomic E-state index is 0.198. The molecular weight excluding hydrogens is 452 g/mol. The standard InChI is InChI=1S/C15H13Br3O2/c1-9-4-2-3-5-11(9)14(19)8-20-15-12(17)6-10(16)7-13(15)18/h2-7,14,19H,8H2,1H3. The monoisotopic (exact) mass is 462 g/mol. The molecule has 0 heterocycles. The van der Waals surface area contributed by atoms with E-state index in [1.54, 1.807) is 0 Å². The van der Waals surface area contributed by atoms with Crippen LogP contribution in [0.15, 0.2) is 49.8 Å². The van der Waals surface area contributed by atoms with Crippen LogP contribution in [-0.4, -0.2) is 11.7 Å². The van der Waals surface area contributed by atoms with Crippen molar-refractivity contribution in [1.29, 1.82) is 0 Å². The first-order chi connectivity index (χ1) is 9.49. The number of benzene rings is 2. The second kappa shape index (κ2) is 7.07. The fourth-order valence-corrected chi connectivity index (χ4v) is 4.37. The van der Waals surface area contributed by atoms with Crippen molar-refractivity contribution >= 4 is 47.8 Å². The molecule has 0 saturated heterocycles. The van der Waals surface area contributed by atoms with Crippen molar-refractivity contribution in [2.75, 3.05) is 6.61 Å². The Kier molecular flexibility index (Phi) is 5.66. The van der Waals surface area contributed by atoms with Crippen LogP contribution in [-0.2, 0) is 0 Å². The molecule has 2 aromatic rings. The minimum Gasteiger partial charge on any atom is -0.488 e. The van der Waals surface area contributed by atoms with Gasteiger partial charge in [0.2, 0.25) is 0 Å². The number of hydrogen-bond donors (Lipinski definition) is 1. The zero-order valence-corrected chi connectivity index (χ0v) is 15.5. The number of rotatable bonds is 4. The Hall–Kier alpha value is -0.360. The average molecular weight is 465 g/mol. The summed E-state index contributed by atoms with van der Waals surface area (Å²) in [5, 5.41) is 10.2. The Bertz CT molecular complexity index is 591. The third-order valence-electron chi connectivity index (χ3n) is 2.90. The number of aliphatic hydroxyl groups is 1. The summed E-state index contributed by atoms with van der Waals surface area (Å²) in [5.41, 5.74) is 1.94. The van der Waals surface area contributed by atoms with E-state index in [-0.39, 0.29) is 6.61 Å². The van der Waals surface area contributed by atoms with E-state index in [1.807, 2.05) is 43.3 Å². The maximum atomic E-state index is 10.2. The summed E-state index contributed by atoms with van der Waals surface area (Å²) >= 11 is 10.3. The van der Waals surface area contributed by atoms with Gasteiger partial charge in [0, 0.05) is 4.47 Å². The second-order valence-electron chi connectivity index (χ2n) is 4.38. The molecule has 0 fully saturated rings. The van der Waals surface area contributed by atoms with Gasteiger partial charge in [0.05, 0.1) is 8.95 Å². The van der Waals surface area contributed by atoms with Crippen LogP contribution in [0.25, 0.3) is 0 Å². The smallest absolute Gasteiger partial charge is 0.147 e. The zero-order valence-electron chi connectivity index (χ0n) is 10.7. The van der Waals surface area contributed by atoms with Crippen LogP contribution >= 0.6 is 47.8 Å². The molecule has 1 unspecified atom stereocenters. The van der Waals surface area contributed by atoms with Gasteiger partial charge in [0.25, 0.3) is 0 Å². The molecule has 1 atom stereocenters. The summed E-state index contributed by atoms with van der Waals surface area (Å²) in [5.74, 6) is 0.681. The van der Waals surface area contributed by atoms with Crippen LogP contribution in [0.3, 0.4) is 0 Å². The summed E-state index contributed by atoms with van der Waals surface area (Å²) < 4.78 is 8.34. The molecule has 2 rings (SSSR count). The van der Waals surface area contributed by atoms with Crippen molar-refractivity contribution in [3.63, 3.8) is 0 Å². The topological polar surface area (TPSA) is 29.5 Å². The first-order valence-corrected chi connectivity index (χ1v) is 8.38. The van der Waals surface area contributed by atoms with Crippen molar-refractivity contribution in [2.45, 2.75) is 13.0 Å². The minimum atomic E-state index is -0.654. The van der Waals surface area contributed by atoms with E-state index in [2.05, 4.69) is 47.8 Å². The number of aryl methyl sites for hydroxylation is 1. The Balaban J connectivity index is 2.12. The van der Waals surface area contributed by atoms with Gasteiger partial charge >= 0.3 is 0 Å². The van der Waals surface area contributed by atoms with Crippen molar-refractivity contribution in [2.24, 2.45) is 0 Å². The number of aliphatic hydroxyl groups excluding tert-OH is 1. The maximum absolute atomic E-state index is 10.2. The van der Waals surface area contributed by atoms with Gasteiger partial charge < -0.3 is 9.84 Å². The third-order valence-corrected chi connectivity index (χ3v) is 4.53. The molecular formula is C15H13Br3O2. The molecule has 0 aliphatic carbocycles. The van der Waals surface area contributed by atoms with Gasteiger partial charge in [-0.1, -0.05) is 40.2 Å². The maximum Gasteiger partial charge on any atom is 0.147 e. The predicted molar refractivity (Wildman–Crippen MR) is 91.2 cm³/mol. The molecule has 0 radical (unpaired) electrons. The molecule has 0 aromatic heterocycles. The lowest BCUT2D eigenvalue weighted by Crippen LogP contribution is -2.11. The van der Waals surface area contributed by atoms with E-state index in [0.717, 1.165) is 24.5 Å². The van der Waals surface area contributed by atoms with Gasteiger partial charge in [-0.3, -0.25) is 0 Å². The molecule has 5 heteroatoms. The van der Waals surface area contributed by atoms with Gasteiger partial charge in [-0.25, -0.2) is 0 Å². The lowest BCUT2D eigenvalue weighted by molar-refractivity contribution is 0.107. The van der Waals surface area contributed by atoms with Crippen molar-refractivity contribution in [1.82, 2.24) is 0 Å². The normalized spacial score (nSPS) is 12.2. The van der Waals surface area contributed by atoms with Crippen LogP contribution in [0.5, 0.6) is 5.75 Å². The first kappa shape index (κ1) is 16.0. The summed E-state index contributed by atoms with van der Waals surface area (Å²) in [6, 6.07) is 11.6. The quantitative estimate of drug-likeness (QED) is 0.657. The highest BCUT2D eigenvalue weighted by Gasteiger charge is 2.14. The van der Waals surface area contributed by atoms with E-state index in [0.29, 0.717) is 5.75 Å². The predicted octanol–water partition coefficient (Wildman–Crippen LogP) is 5.39.